The van der Waals surface area contributed by atoms with Crippen molar-refractivity contribution in [1.82, 2.24) is 5.32 Å². The number of amides is 1. The number of thioether (sulfide) groups is 1. The number of allylic oxidation sites excluding steroid dienone is 1. The third-order valence-electron chi connectivity index (χ3n) is 5.31. The van der Waals surface area contributed by atoms with E-state index >= 15 is 0 Å². The second-order valence-corrected chi connectivity index (χ2v) is 9.18. The Labute approximate surface area is 209 Å². The van der Waals surface area contributed by atoms with Crippen molar-refractivity contribution in [3.8, 4) is 5.75 Å². The smallest absolute Gasteiger partial charge is 0.264 e. The van der Waals surface area contributed by atoms with Gasteiger partial charge in [0, 0.05) is 10.6 Å². The molecule has 1 saturated heterocycles. The highest BCUT2D eigenvalue weighted by molar-refractivity contribution is 8.18. The van der Waals surface area contributed by atoms with E-state index in [1.807, 2.05) is 78.9 Å². The summed E-state index contributed by atoms with van der Waals surface area (Å²) in [5.41, 5.74) is 4.89. The van der Waals surface area contributed by atoms with Gasteiger partial charge in [-0.3, -0.25) is 4.79 Å². The predicted molar refractivity (Wildman–Crippen MR) is 143 cm³/mol. The number of carbonyl (C=O) groups excluding carboxylic acids is 1. The zero-order valence-electron chi connectivity index (χ0n) is 18.9. The molecule has 0 bridgehead atoms. The average Bonchev–Trinajstić information content (AvgIpc) is 3.18. The summed E-state index contributed by atoms with van der Waals surface area (Å²) in [4.78, 5) is 17.7. The minimum atomic E-state index is -0.154. The van der Waals surface area contributed by atoms with Gasteiger partial charge in [0.1, 0.15) is 12.4 Å². The lowest BCUT2D eigenvalue weighted by Gasteiger charge is -2.12. The fourth-order valence-electron chi connectivity index (χ4n) is 3.47. The molecule has 0 aromatic heterocycles. The Bertz CT molecular complexity index is 1270. The Balaban J connectivity index is 1.50. The molecule has 34 heavy (non-hydrogen) atoms. The zero-order chi connectivity index (χ0) is 23.9. The van der Waals surface area contributed by atoms with Crippen molar-refractivity contribution < 1.29 is 9.53 Å². The molecule has 1 N–H and O–H groups in total. The number of ether oxygens (including phenoxy) is 1. The molecule has 1 heterocycles. The van der Waals surface area contributed by atoms with Crippen molar-refractivity contribution in [3.63, 3.8) is 0 Å². The highest BCUT2D eigenvalue weighted by Crippen LogP contribution is 2.30. The Morgan fingerprint density at radius 2 is 1.88 bits per heavy atom. The van der Waals surface area contributed by atoms with Gasteiger partial charge in [-0.25, -0.2) is 4.99 Å². The van der Waals surface area contributed by atoms with Gasteiger partial charge < -0.3 is 10.1 Å². The summed E-state index contributed by atoms with van der Waals surface area (Å²) in [5, 5.41) is 4.10. The molecule has 1 fully saturated rings. The summed E-state index contributed by atoms with van der Waals surface area (Å²) in [6.45, 7) is 6.35. The topological polar surface area (TPSA) is 50.7 Å². The lowest BCUT2D eigenvalue weighted by atomic mass is 10.1. The SMILES string of the molecule is C=CCc1cc(/C=C2\SC(=Nc3ccc(CC)cc3)NC2=O)ccc1OCc1ccccc1Cl. The molecule has 3 aromatic rings. The van der Waals surface area contributed by atoms with E-state index in [1.165, 1.54) is 17.3 Å². The van der Waals surface area contributed by atoms with Crippen LogP contribution in [0.25, 0.3) is 6.08 Å². The molecule has 0 unspecified atom stereocenters. The minimum Gasteiger partial charge on any atom is -0.489 e. The summed E-state index contributed by atoms with van der Waals surface area (Å²) in [6.07, 6.45) is 5.33. The summed E-state index contributed by atoms with van der Waals surface area (Å²) in [6, 6.07) is 21.5. The van der Waals surface area contributed by atoms with E-state index in [0.29, 0.717) is 28.1 Å². The first-order valence-electron chi connectivity index (χ1n) is 11.0. The highest BCUT2D eigenvalue weighted by atomic mass is 35.5. The van der Waals surface area contributed by atoms with Gasteiger partial charge >= 0.3 is 0 Å². The van der Waals surface area contributed by atoms with E-state index in [0.717, 1.165) is 34.5 Å². The van der Waals surface area contributed by atoms with Crippen LogP contribution in [0.2, 0.25) is 5.02 Å². The molecule has 3 aromatic carbocycles. The molecule has 1 aliphatic rings. The van der Waals surface area contributed by atoms with E-state index in [9.17, 15) is 4.79 Å². The average molecular weight is 489 g/mol. The molecule has 1 aliphatic heterocycles. The molecule has 4 nitrogen and oxygen atoms in total. The molecule has 0 aliphatic carbocycles. The number of hydrogen-bond acceptors (Lipinski definition) is 4. The van der Waals surface area contributed by atoms with Crippen LogP contribution in [0.15, 0.2) is 89.3 Å². The molecule has 4 rings (SSSR count). The van der Waals surface area contributed by atoms with Crippen LogP contribution in [-0.2, 0) is 24.2 Å². The molecule has 0 spiro atoms. The zero-order valence-corrected chi connectivity index (χ0v) is 20.5. The maximum absolute atomic E-state index is 12.5. The van der Waals surface area contributed by atoms with Crippen LogP contribution in [0.5, 0.6) is 5.75 Å². The second kappa shape index (κ2) is 11.2. The number of amidine groups is 1. The first-order chi connectivity index (χ1) is 16.6. The Kier molecular flexibility index (Phi) is 7.88. The van der Waals surface area contributed by atoms with Crippen LogP contribution in [0, 0.1) is 0 Å². The Hall–Kier alpha value is -3.28. The third-order valence-corrected chi connectivity index (χ3v) is 6.59. The van der Waals surface area contributed by atoms with E-state index in [-0.39, 0.29) is 5.91 Å². The van der Waals surface area contributed by atoms with Crippen molar-refractivity contribution in [3.05, 3.63) is 112 Å². The number of rotatable bonds is 8. The van der Waals surface area contributed by atoms with Crippen molar-refractivity contribution in [2.24, 2.45) is 4.99 Å². The first kappa shape index (κ1) is 23.9. The van der Waals surface area contributed by atoms with Crippen LogP contribution < -0.4 is 10.1 Å². The molecular formula is C28H25ClN2O2S. The summed E-state index contributed by atoms with van der Waals surface area (Å²) in [5.74, 6) is 0.613. The maximum Gasteiger partial charge on any atom is 0.264 e. The Morgan fingerprint density at radius 1 is 1.09 bits per heavy atom. The van der Waals surface area contributed by atoms with Gasteiger partial charge in [0.2, 0.25) is 0 Å². The van der Waals surface area contributed by atoms with Crippen molar-refractivity contribution in [1.29, 1.82) is 0 Å². The van der Waals surface area contributed by atoms with Gasteiger partial charge in [-0.05, 0) is 77.7 Å². The van der Waals surface area contributed by atoms with E-state index < -0.39 is 0 Å². The fraction of sp³-hybridized carbons (Fsp3) is 0.143. The lowest BCUT2D eigenvalue weighted by Crippen LogP contribution is -2.19. The maximum atomic E-state index is 12.5. The van der Waals surface area contributed by atoms with E-state index in [2.05, 4.69) is 23.8 Å². The molecule has 0 saturated carbocycles. The van der Waals surface area contributed by atoms with Gasteiger partial charge in [0.15, 0.2) is 5.17 Å². The number of carbonyl (C=O) groups is 1. The first-order valence-corrected chi connectivity index (χ1v) is 12.2. The number of aryl methyl sites for hydroxylation is 1. The standard InChI is InChI=1S/C28H25ClN2O2S/c1-3-7-21-16-20(12-15-25(21)33-18-22-8-5-6-9-24(22)29)17-26-27(32)31-28(34-26)30-23-13-10-19(4-2)11-14-23/h3,5-6,8-17H,1,4,7,18H2,2H3,(H,30,31,32)/b26-17-. The number of benzene rings is 3. The number of hydrogen-bond donors (Lipinski definition) is 1. The van der Waals surface area contributed by atoms with Gasteiger partial charge in [-0.2, -0.15) is 0 Å². The molecular weight excluding hydrogens is 464 g/mol. The number of aliphatic imine (C=N–C) groups is 1. The second-order valence-electron chi connectivity index (χ2n) is 7.74. The van der Waals surface area contributed by atoms with Crippen LogP contribution in [0.1, 0.15) is 29.2 Å². The quantitative estimate of drug-likeness (QED) is 0.271. The summed E-state index contributed by atoms with van der Waals surface area (Å²) >= 11 is 7.58. The molecule has 0 atom stereocenters. The van der Waals surface area contributed by atoms with Crippen LogP contribution >= 0.6 is 23.4 Å². The number of nitrogens with one attached hydrogen (secondary N) is 1. The van der Waals surface area contributed by atoms with E-state index in [1.54, 1.807) is 0 Å². The highest BCUT2D eigenvalue weighted by Gasteiger charge is 2.24. The number of halogens is 1. The van der Waals surface area contributed by atoms with Gasteiger partial charge in [0.25, 0.3) is 5.91 Å². The van der Waals surface area contributed by atoms with Crippen LogP contribution in [0.3, 0.4) is 0 Å². The van der Waals surface area contributed by atoms with Crippen molar-refractivity contribution in [2.75, 3.05) is 0 Å². The summed E-state index contributed by atoms with van der Waals surface area (Å²) < 4.78 is 6.05. The van der Waals surface area contributed by atoms with Crippen molar-refractivity contribution in [2.45, 2.75) is 26.4 Å². The largest absolute Gasteiger partial charge is 0.489 e. The monoisotopic (exact) mass is 488 g/mol. The van der Waals surface area contributed by atoms with Gasteiger partial charge in [0.05, 0.1) is 10.6 Å². The van der Waals surface area contributed by atoms with Crippen molar-refractivity contribution >= 4 is 46.2 Å². The number of nitrogens with zero attached hydrogens (tertiary/aromatic N) is 1. The minimum absolute atomic E-state index is 0.154. The van der Waals surface area contributed by atoms with Crippen LogP contribution in [0.4, 0.5) is 5.69 Å². The molecule has 172 valence electrons. The molecule has 0 radical (unpaired) electrons. The van der Waals surface area contributed by atoms with E-state index in [4.69, 9.17) is 16.3 Å². The lowest BCUT2D eigenvalue weighted by molar-refractivity contribution is -0.115. The fourth-order valence-corrected chi connectivity index (χ4v) is 4.50. The van der Waals surface area contributed by atoms with Gasteiger partial charge in [-0.1, -0.05) is 61.0 Å². The predicted octanol–water partition coefficient (Wildman–Crippen LogP) is 7.10. The molecule has 1 amide bonds. The normalized spacial score (nSPS) is 15.5. The van der Waals surface area contributed by atoms with Gasteiger partial charge in [-0.15, -0.1) is 6.58 Å². The third kappa shape index (κ3) is 5.99. The Morgan fingerprint density at radius 3 is 2.62 bits per heavy atom. The molecule has 6 heteroatoms. The van der Waals surface area contributed by atoms with Crippen LogP contribution in [-0.4, -0.2) is 11.1 Å². The summed E-state index contributed by atoms with van der Waals surface area (Å²) in [7, 11) is 0.